The smallest absolute Gasteiger partial charge is 0.259 e. The zero-order valence-electron chi connectivity index (χ0n) is 6.66. The van der Waals surface area contributed by atoms with Gasteiger partial charge in [-0.25, -0.2) is 0 Å². The van der Waals surface area contributed by atoms with Crippen molar-refractivity contribution in [2.75, 3.05) is 6.54 Å². The van der Waals surface area contributed by atoms with Crippen molar-refractivity contribution < 1.29 is 4.79 Å². The van der Waals surface area contributed by atoms with Gasteiger partial charge in [-0.05, 0) is 67.5 Å². The Bertz CT molecular complexity index is 190. The van der Waals surface area contributed by atoms with E-state index in [0.717, 1.165) is 21.9 Å². The lowest BCUT2D eigenvalue weighted by atomic mass is 10.3. The van der Waals surface area contributed by atoms with Crippen molar-refractivity contribution in [3.8, 4) is 0 Å². The average molecular weight is 458 g/mol. The number of nitrogens with one attached hydrogen (secondary N) is 1. The second kappa shape index (κ2) is 7.54. The predicted octanol–water partition coefficient (Wildman–Crippen LogP) is 3.34. The Balaban J connectivity index is 3.81. The second-order valence-electron chi connectivity index (χ2n) is 2.18. The minimum atomic E-state index is 0.00493. The van der Waals surface area contributed by atoms with Crippen molar-refractivity contribution in [2.45, 2.75) is 19.8 Å². The summed E-state index contributed by atoms with van der Waals surface area (Å²) in [6.07, 6.45) is 2.14. The van der Waals surface area contributed by atoms with Gasteiger partial charge in [0.25, 0.3) is 5.91 Å². The molecule has 0 aromatic carbocycles. The van der Waals surface area contributed by atoms with E-state index in [2.05, 4.69) is 50.8 Å². The zero-order valence-corrected chi connectivity index (χ0v) is 12.6. The van der Waals surface area contributed by atoms with Crippen LogP contribution in [-0.4, -0.2) is 12.5 Å². The molecule has 0 aliphatic heterocycles. The van der Waals surface area contributed by atoms with Crippen LogP contribution in [-0.2, 0) is 4.79 Å². The van der Waals surface area contributed by atoms with Crippen molar-refractivity contribution in [2.24, 2.45) is 0 Å². The van der Waals surface area contributed by atoms with Gasteiger partial charge in [-0.1, -0.05) is 13.3 Å². The van der Waals surface area contributed by atoms with E-state index in [4.69, 9.17) is 0 Å². The van der Waals surface area contributed by atoms with Gasteiger partial charge < -0.3 is 5.32 Å². The SMILES string of the molecule is CCCCNC(=O)/C(I)=C(\Br)I. The number of rotatable bonds is 4. The first-order valence-corrected chi connectivity index (χ1v) is 6.53. The summed E-state index contributed by atoms with van der Waals surface area (Å²) < 4.78 is 1.57. The Morgan fingerprint density at radius 3 is 2.50 bits per heavy atom. The van der Waals surface area contributed by atoms with E-state index in [1.807, 2.05) is 22.6 Å². The second-order valence-corrected chi connectivity index (χ2v) is 6.62. The molecule has 0 unspecified atom stereocenters. The van der Waals surface area contributed by atoms with Crippen LogP contribution in [0.3, 0.4) is 0 Å². The molecule has 1 N–H and O–H groups in total. The maximum absolute atomic E-state index is 11.2. The summed E-state index contributed by atoms with van der Waals surface area (Å²) in [5.74, 6) is 0.00493. The van der Waals surface area contributed by atoms with Crippen molar-refractivity contribution in [1.82, 2.24) is 5.32 Å². The summed E-state index contributed by atoms with van der Waals surface area (Å²) in [6, 6.07) is 0. The zero-order chi connectivity index (χ0) is 9.56. The maximum atomic E-state index is 11.2. The van der Waals surface area contributed by atoms with Gasteiger partial charge in [-0.3, -0.25) is 4.79 Å². The topological polar surface area (TPSA) is 29.1 Å². The molecule has 1 amide bonds. The van der Waals surface area contributed by atoms with Gasteiger partial charge in [-0.2, -0.15) is 0 Å². The third kappa shape index (κ3) is 5.74. The average Bonchev–Trinajstić information content (AvgIpc) is 2.03. The molecule has 12 heavy (non-hydrogen) atoms. The Labute approximate surface area is 108 Å². The Morgan fingerprint density at radius 2 is 2.08 bits per heavy atom. The Morgan fingerprint density at radius 1 is 1.50 bits per heavy atom. The van der Waals surface area contributed by atoms with Gasteiger partial charge in [0, 0.05) is 6.54 Å². The molecule has 5 heteroatoms. The van der Waals surface area contributed by atoms with Gasteiger partial charge in [0.05, 0.1) is 6.07 Å². The molecule has 0 aromatic rings. The molecule has 0 aliphatic carbocycles. The summed E-state index contributed by atoms with van der Waals surface area (Å²) in [7, 11) is 0. The van der Waals surface area contributed by atoms with Crippen molar-refractivity contribution in [3.63, 3.8) is 0 Å². The normalized spacial score (nSPS) is 12.3. The van der Waals surface area contributed by atoms with Crippen LogP contribution in [0.5, 0.6) is 0 Å². The molecule has 0 aromatic heterocycles. The Hall–Kier alpha value is 1.15. The van der Waals surface area contributed by atoms with Crippen LogP contribution in [0, 0.1) is 0 Å². The third-order valence-corrected chi connectivity index (χ3v) is 4.92. The van der Waals surface area contributed by atoms with E-state index in [1.165, 1.54) is 0 Å². The van der Waals surface area contributed by atoms with Gasteiger partial charge in [0.15, 0.2) is 0 Å². The molecule has 0 saturated carbocycles. The van der Waals surface area contributed by atoms with E-state index in [1.54, 1.807) is 0 Å². The number of hydrogen-bond acceptors (Lipinski definition) is 1. The number of hydrogen-bond donors (Lipinski definition) is 1. The predicted molar refractivity (Wildman–Crippen MR) is 71.9 cm³/mol. The van der Waals surface area contributed by atoms with Crippen molar-refractivity contribution >= 4 is 67.0 Å². The molecule has 0 heterocycles. The van der Waals surface area contributed by atoms with Gasteiger partial charge in [0.2, 0.25) is 0 Å². The highest BCUT2D eigenvalue weighted by Gasteiger charge is 2.07. The lowest BCUT2D eigenvalue weighted by Gasteiger charge is -2.02. The van der Waals surface area contributed by atoms with E-state index in [9.17, 15) is 4.79 Å². The van der Waals surface area contributed by atoms with Gasteiger partial charge >= 0.3 is 0 Å². The van der Waals surface area contributed by atoms with Crippen LogP contribution in [0.25, 0.3) is 0 Å². The molecule has 0 fully saturated rings. The van der Waals surface area contributed by atoms with Crippen molar-refractivity contribution in [3.05, 3.63) is 6.07 Å². The first kappa shape index (κ1) is 13.2. The number of halogens is 3. The van der Waals surface area contributed by atoms with E-state index in [-0.39, 0.29) is 5.91 Å². The highest BCUT2D eigenvalue weighted by Crippen LogP contribution is 2.24. The minimum absolute atomic E-state index is 0.00493. The summed E-state index contributed by atoms with van der Waals surface area (Å²) in [6.45, 7) is 2.86. The highest BCUT2D eigenvalue weighted by molar-refractivity contribution is 14.1. The number of unbranched alkanes of at least 4 members (excludes halogenated alkanes) is 1. The maximum Gasteiger partial charge on any atom is 0.259 e. The first-order valence-electron chi connectivity index (χ1n) is 3.58. The number of carbonyl (C=O) groups excluding carboxylic acids is 1. The molecular formula is C7H10BrI2NO. The molecular weight excluding hydrogens is 448 g/mol. The minimum Gasteiger partial charge on any atom is -0.352 e. The lowest BCUT2D eigenvalue weighted by Crippen LogP contribution is -2.24. The van der Waals surface area contributed by atoms with Crippen molar-refractivity contribution in [1.29, 1.82) is 0 Å². The van der Waals surface area contributed by atoms with Gasteiger partial charge in [-0.15, -0.1) is 0 Å². The Kier molecular flexibility index (Phi) is 8.27. The molecule has 0 atom stereocenters. The molecule has 0 aliphatic rings. The van der Waals surface area contributed by atoms with E-state index >= 15 is 0 Å². The summed E-state index contributed by atoms with van der Waals surface area (Å²) in [5.41, 5.74) is 0. The standard InChI is InChI=1S/C7H10BrI2NO/c1-2-3-4-11-7(12)5(9)6(8)10/h2-4H2,1H3,(H,11,12)/b6-5-. The van der Waals surface area contributed by atoms with Crippen LogP contribution < -0.4 is 5.32 Å². The van der Waals surface area contributed by atoms with Crippen LogP contribution in [0.2, 0.25) is 0 Å². The molecule has 0 bridgehead atoms. The molecule has 0 rings (SSSR count). The fraction of sp³-hybridized carbons (Fsp3) is 0.571. The molecule has 70 valence electrons. The van der Waals surface area contributed by atoms with E-state index in [0.29, 0.717) is 3.58 Å². The summed E-state index contributed by atoms with van der Waals surface area (Å²) >= 11 is 7.34. The van der Waals surface area contributed by atoms with Crippen LogP contribution >= 0.6 is 61.1 Å². The van der Waals surface area contributed by atoms with Crippen LogP contribution in [0.4, 0.5) is 0 Å². The summed E-state index contributed by atoms with van der Waals surface area (Å²) in [4.78, 5) is 11.2. The van der Waals surface area contributed by atoms with E-state index < -0.39 is 0 Å². The fourth-order valence-corrected chi connectivity index (χ4v) is 1.16. The molecule has 0 spiro atoms. The summed E-state index contributed by atoms with van der Waals surface area (Å²) in [5, 5.41) is 2.83. The molecule has 2 nitrogen and oxygen atoms in total. The first-order chi connectivity index (χ1) is 5.59. The lowest BCUT2D eigenvalue weighted by molar-refractivity contribution is -0.116. The third-order valence-electron chi connectivity index (χ3n) is 1.18. The largest absolute Gasteiger partial charge is 0.352 e. The van der Waals surface area contributed by atoms with Crippen LogP contribution in [0.1, 0.15) is 19.8 Å². The molecule has 0 saturated heterocycles. The fourth-order valence-electron chi connectivity index (χ4n) is 0.542. The monoisotopic (exact) mass is 457 g/mol. The quantitative estimate of drug-likeness (QED) is 0.391. The van der Waals surface area contributed by atoms with Gasteiger partial charge in [0.1, 0.15) is 0 Å². The van der Waals surface area contributed by atoms with Crippen LogP contribution in [0.15, 0.2) is 6.07 Å². The number of amides is 1. The highest BCUT2D eigenvalue weighted by atomic mass is 127. The molecule has 0 radical (unpaired) electrons. The number of carbonyl (C=O) groups is 1.